The van der Waals surface area contributed by atoms with Crippen LogP contribution in [0.3, 0.4) is 0 Å². The van der Waals surface area contributed by atoms with E-state index in [1.165, 1.54) is 18.2 Å². The van der Waals surface area contributed by atoms with Gasteiger partial charge in [0.2, 0.25) is 0 Å². The van der Waals surface area contributed by atoms with Crippen molar-refractivity contribution < 1.29 is 18.3 Å². The molecular weight excluding hydrogens is 457 g/mol. The number of hydrogen-bond donors (Lipinski definition) is 0. The van der Waals surface area contributed by atoms with Crippen LogP contribution in [-0.2, 0) is 22.5 Å². The van der Waals surface area contributed by atoms with Crippen LogP contribution in [0.5, 0.6) is 0 Å². The minimum atomic E-state index is -0.964. The second-order valence-corrected chi connectivity index (χ2v) is 10.3. The van der Waals surface area contributed by atoms with Crippen LogP contribution in [0.1, 0.15) is 51.8 Å². The number of ether oxygens (including phenoxy) is 1. The molecule has 1 saturated heterocycles. The molecule has 0 amide bonds. The van der Waals surface area contributed by atoms with Crippen LogP contribution >= 0.6 is 23.2 Å². The summed E-state index contributed by atoms with van der Waals surface area (Å²) in [5.41, 5.74) is -1.01. The van der Waals surface area contributed by atoms with Crippen molar-refractivity contribution in [2.24, 2.45) is 5.41 Å². The zero-order chi connectivity index (χ0) is 23.7. The second-order valence-electron chi connectivity index (χ2n) is 9.51. The third-order valence-electron chi connectivity index (χ3n) is 5.81. The highest BCUT2D eigenvalue weighted by atomic mass is 35.5. The molecule has 0 saturated carbocycles. The number of piperidine rings is 1. The standard InChI is InChI=1S/C24H28Cl2F2N2O2/c1-15-12-24(22(31)32-23(2,3)4,13-19-18(27)8-9-20(26)29-19)10-11-30(15)14-16-6-5-7-17(25)21(16)28/h5-9,15H,10-14H2,1-4H3/t15-,24-/m1/s1. The van der Waals surface area contributed by atoms with E-state index in [0.29, 0.717) is 31.5 Å². The number of pyridine rings is 1. The zero-order valence-corrected chi connectivity index (χ0v) is 20.2. The van der Waals surface area contributed by atoms with Crippen molar-refractivity contribution >= 4 is 29.2 Å². The Balaban J connectivity index is 1.87. The van der Waals surface area contributed by atoms with Crippen LogP contribution in [0.15, 0.2) is 30.3 Å². The Morgan fingerprint density at radius 3 is 2.62 bits per heavy atom. The molecule has 0 aliphatic carbocycles. The number of rotatable bonds is 5. The van der Waals surface area contributed by atoms with Gasteiger partial charge in [0, 0.05) is 24.6 Å². The van der Waals surface area contributed by atoms with Crippen LogP contribution in [0.4, 0.5) is 8.78 Å². The maximum atomic E-state index is 14.5. The number of hydrogen-bond acceptors (Lipinski definition) is 4. The third kappa shape index (κ3) is 5.77. The Bertz CT molecular complexity index is 996. The lowest BCUT2D eigenvalue weighted by Crippen LogP contribution is -2.51. The molecule has 2 heterocycles. The Morgan fingerprint density at radius 1 is 1.25 bits per heavy atom. The molecule has 0 bridgehead atoms. The van der Waals surface area contributed by atoms with Crippen molar-refractivity contribution in [2.45, 2.75) is 65.1 Å². The lowest BCUT2D eigenvalue weighted by atomic mass is 9.72. The van der Waals surface area contributed by atoms with Crippen LogP contribution in [0.25, 0.3) is 0 Å². The van der Waals surface area contributed by atoms with Gasteiger partial charge in [0.15, 0.2) is 0 Å². The van der Waals surface area contributed by atoms with E-state index >= 15 is 0 Å². The van der Waals surface area contributed by atoms with Gasteiger partial charge in [0.05, 0.1) is 16.1 Å². The molecule has 32 heavy (non-hydrogen) atoms. The number of nitrogens with zero attached hydrogens (tertiary/aromatic N) is 2. The summed E-state index contributed by atoms with van der Waals surface area (Å²) in [5, 5.41) is 0.250. The van der Waals surface area contributed by atoms with E-state index in [1.807, 2.05) is 6.92 Å². The lowest BCUT2D eigenvalue weighted by Gasteiger charge is -2.45. The molecule has 174 valence electrons. The summed E-state index contributed by atoms with van der Waals surface area (Å²) in [7, 11) is 0. The van der Waals surface area contributed by atoms with Gasteiger partial charge < -0.3 is 4.74 Å². The summed E-state index contributed by atoms with van der Waals surface area (Å²) in [5.74, 6) is -1.32. The molecule has 1 aliphatic rings. The van der Waals surface area contributed by atoms with Crippen LogP contribution in [0.2, 0.25) is 10.2 Å². The molecule has 2 aromatic rings. The minimum Gasteiger partial charge on any atom is -0.460 e. The van der Waals surface area contributed by atoms with Crippen LogP contribution in [-0.4, -0.2) is 34.0 Å². The van der Waals surface area contributed by atoms with Crippen molar-refractivity contribution in [1.29, 1.82) is 0 Å². The van der Waals surface area contributed by atoms with Gasteiger partial charge in [-0.3, -0.25) is 9.69 Å². The number of aromatic nitrogens is 1. The van der Waals surface area contributed by atoms with Gasteiger partial charge in [-0.05, 0) is 65.3 Å². The highest BCUT2D eigenvalue weighted by Crippen LogP contribution is 2.41. The molecule has 3 rings (SSSR count). The average molecular weight is 485 g/mol. The molecule has 0 radical (unpaired) electrons. The summed E-state index contributed by atoms with van der Waals surface area (Å²) in [6, 6.07) is 7.49. The van der Waals surface area contributed by atoms with Gasteiger partial charge in [-0.25, -0.2) is 13.8 Å². The summed E-state index contributed by atoms with van der Waals surface area (Å²) in [4.78, 5) is 19.6. The summed E-state index contributed by atoms with van der Waals surface area (Å²) < 4.78 is 34.7. The Hall–Kier alpha value is -1.76. The molecular formula is C24H28Cl2F2N2O2. The number of likely N-dealkylation sites (tertiary alicyclic amines) is 1. The normalized spacial score (nSPS) is 22.1. The fourth-order valence-electron chi connectivity index (χ4n) is 4.21. The molecule has 1 fully saturated rings. The smallest absolute Gasteiger partial charge is 0.313 e. The molecule has 4 nitrogen and oxygen atoms in total. The van der Waals surface area contributed by atoms with Gasteiger partial charge in [-0.15, -0.1) is 0 Å². The molecule has 1 aromatic carbocycles. The fourth-order valence-corrected chi connectivity index (χ4v) is 4.56. The maximum absolute atomic E-state index is 14.5. The van der Waals surface area contributed by atoms with Gasteiger partial charge in [-0.2, -0.15) is 0 Å². The summed E-state index contributed by atoms with van der Waals surface area (Å²) >= 11 is 11.9. The van der Waals surface area contributed by atoms with Crippen molar-refractivity contribution in [2.75, 3.05) is 6.54 Å². The highest BCUT2D eigenvalue weighted by Gasteiger charge is 2.47. The van der Waals surface area contributed by atoms with Gasteiger partial charge >= 0.3 is 5.97 Å². The van der Waals surface area contributed by atoms with Crippen molar-refractivity contribution in [3.8, 4) is 0 Å². The molecule has 8 heteroatoms. The van der Waals surface area contributed by atoms with E-state index in [-0.39, 0.29) is 34.3 Å². The Kier molecular flexibility index (Phi) is 7.48. The average Bonchev–Trinajstić information content (AvgIpc) is 2.69. The van der Waals surface area contributed by atoms with E-state index in [1.54, 1.807) is 32.9 Å². The van der Waals surface area contributed by atoms with Crippen LogP contribution in [0, 0.1) is 17.0 Å². The molecule has 2 atom stereocenters. The number of esters is 1. The fraction of sp³-hybridized carbons (Fsp3) is 0.500. The largest absolute Gasteiger partial charge is 0.460 e. The summed E-state index contributed by atoms with van der Waals surface area (Å²) in [6.07, 6.45) is 0.914. The Labute approximate surface area is 197 Å². The lowest BCUT2D eigenvalue weighted by molar-refractivity contribution is -0.172. The summed E-state index contributed by atoms with van der Waals surface area (Å²) in [6.45, 7) is 8.25. The van der Waals surface area contributed by atoms with Gasteiger partial charge in [0.1, 0.15) is 22.4 Å². The van der Waals surface area contributed by atoms with E-state index in [2.05, 4.69) is 9.88 Å². The minimum absolute atomic E-state index is 0.0813. The molecule has 0 N–H and O–H groups in total. The number of carbonyl (C=O) groups excluding carboxylic acids is 1. The van der Waals surface area contributed by atoms with E-state index in [9.17, 15) is 13.6 Å². The quantitative estimate of drug-likeness (QED) is 0.373. The topological polar surface area (TPSA) is 42.4 Å². The predicted octanol–water partition coefficient (Wildman–Crippen LogP) is 6.22. The molecule has 0 spiro atoms. The Morgan fingerprint density at radius 2 is 1.97 bits per heavy atom. The third-order valence-corrected chi connectivity index (χ3v) is 6.32. The first-order valence-corrected chi connectivity index (χ1v) is 11.4. The van der Waals surface area contributed by atoms with Crippen molar-refractivity contribution in [3.63, 3.8) is 0 Å². The highest BCUT2D eigenvalue weighted by molar-refractivity contribution is 6.30. The number of carbonyl (C=O) groups is 1. The van der Waals surface area contributed by atoms with E-state index in [0.717, 1.165) is 0 Å². The van der Waals surface area contributed by atoms with Crippen molar-refractivity contribution in [1.82, 2.24) is 9.88 Å². The maximum Gasteiger partial charge on any atom is 0.313 e. The number of benzene rings is 1. The van der Waals surface area contributed by atoms with Gasteiger partial charge in [0.25, 0.3) is 0 Å². The SMILES string of the molecule is C[C@@H]1C[C@](Cc2nc(Cl)ccc2F)(C(=O)OC(C)(C)C)CCN1Cc1cccc(Cl)c1F. The molecule has 1 aromatic heterocycles. The first-order chi connectivity index (χ1) is 14.9. The zero-order valence-electron chi connectivity index (χ0n) is 18.7. The first-order valence-electron chi connectivity index (χ1n) is 10.6. The van der Waals surface area contributed by atoms with Gasteiger partial charge in [-0.1, -0.05) is 35.3 Å². The molecule has 0 unspecified atom stereocenters. The van der Waals surface area contributed by atoms with E-state index in [4.69, 9.17) is 27.9 Å². The van der Waals surface area contributed by atoms with E-state index < -0.39 is 22.7 Å². The monoisotopic (exact) mass is 484 g/mol. The van der Waals surface area contributed by atoms with Crippen molar-refractivity contribution in [3.05, 3.63) is 63.4 Å². The second kappa shape index (κ2) is 9.62. The number of halogens is 4. The first kappa shape index (κ1) is 24.9. The van der Waals surface area contributed by atoms with Crippen LogP contribution < -0.4 is 0 Å². The molecule has 1 aliphatic heterocycles. The predicted molar refractivity (Wildman–Crippen MR) is 122 cm³/mol.